The van der Waals surface area contributed by atoms with Crippen LogP contribution in [0.5, 0.6) is 0 Å². The first kappa shape index (κ1) is 14.0. The van der Waals surface area contributed by atoms with Gasteiger partial charge >= 0.3 is 0 Å². The van der Waals surface area contributed by atoms with E-state index < -0.39 is 0 Å². The first-order valence-corrected chi connectivity index (χ1v) is 6.84. The van der Waals surface area contributed by atoms with Crippen LogP contribution in [0.2, 0.25) is 0 Å². The van der Waals surface area contributed by atoms with E-state index in [0.717, 1.165) is 0 Å². The Morgan fingerprint density at radius 2 is 1.58 bits per heavy atom. The van der Waals surface area contributed by atoms with Crippen molar-refractivity contribution in [2.75, 3.05) is 14.1 Å². The number of aliphatic hydroxyl groups is 1. The van der Waals surface area contributed by atoms with Crippen LogP contribution in [0.15, 0.2) is 42.5 Å². The maximum Gasteiger partial charge on any atom is 0.0759 e. The molecule has 0 aliphatic rings. The van der Waals surface area contributed by atoms with Crippen molar-refractivity contribution in [1.29, 1.82) is 0 Å². The van der Waals surface area contributed by atoms with Crippen LogP contribution < -0.4 is 0 Å². The Bertz CT molecular complexity index is 548. The minimum atomic E-state index is -0.365. The van der Waals surface area contributed by atoms with E-state index in [2.05, 4.69) is 55.1 Å². The molecule has 0 heterocycles. The standard InChI is InChI=1S/C17H23NO/c1-12(2)17(19)16(18(3)4)15-10-9-13-7-5-6-8-14(13)11-15/h5-12,16-17,19H,1-4H3/t16-,17+/m0/s1. The zero-order valence-corrected chi connectivity index (χ0v) is 12.2. The Kier molecular flexibility index (Phi) is 4.23. The summed E-state index contributed by atoms with van der Waals surface area (Å²) in [7, 11) is 4.04. The van der Waals surface area contributed by atoms with Crippen molar-refractivity contribution >= 4 is 10.8 Å². The predicted octanol–water partition coefficient (Wildman–Crippen LogP) is 3.46. The van der Waals surface area contributed by atoms with Gasteiger partial charge in [-0.1, -0.05) is 50.2 Å². The van der Waals surface area contributed by atoms with Crippen molar-refractivity contribution in [2.45, 2.75) is 26.0 Å². The highest BCUT2D eigenvalue weighted by Gasteiger charge is 2.25. The Hall–Kier alpha value is -1.38. The van der Waals surface area contributed by atoms with E-state index in [1.54, 1.807) is 0 Å². The van der Waals surface area contributed by atoms with Gasteiger partial charge in [0.05, 0.1) is 12.1 Å². The second kappa shape index (κ2) is 5.72. The summed E-state index contributed by atoms with van der Waals surface area (Å²) in [5.41, 5.74) is 1.17. The Labute approximate surface area is 115 Å². The predicted molar refractivity (Wildman–Crippen MR) is 81.2 cm³/mol. The highest BCUT2D eigenvalue weighted by atomic mass is 16.3. The van der Waals surface area contributed by atoms with Gasteiger partial charge in [0.15, 0.2) is 0 Å². The zero-order valence-electron chi connectivity index (χ0n) is 12.2. The monoisotopic (exact) mass is 257 g/mol. The van der Waals surface area contributed by atoms with Crippen LogP contribution in [-0.2, 0) is 0 Å². The van der Waals surface area contributed by atoms with Gasteiger partial charge in [-0.2, -0.15) is 0 Å². The van der Waals surface area contributed by atoms with E-state index in [1.807, 2.05) is 20.2 Å². The molecule has 0 spiro atoms. The molecule has 2 aromatic rings. The lowest BCUT2D eigenvalue weighted by molar-refractivity contribution is 0.0401. The summed E-state index contributed by atoms with van der Waals surface area (Å²) in [5.74, 6) is 0.235. The first-order valence-electron chi connectivity index (χ1n) is 6.84. The molecule has 1 N–H and O–H groups in total. The third-order valence-corrected chi connectivity index (χ3v) is 3.68. The van der Waals surface area contributed by atoms with Crippen LogP contribution in [0.1, 0.15) is 25.5 Å². The van der Waals surface area contributed by atoms with Crippen molar-refractivity contribution in [3.05, 3.63) is 48.0 Å². The Balaban J connectivity index is 2.44. The number of hydrogen-bond acceptors (Lipinski definition) is 2. The van der Waals surface area contributed by atoms with Crippen LogP contribution >= 0.6 is 0 Å². The van der Waals surface area contributed by atoms with Gasteiger partial charge < -0.3 is 10.0 Å². The zero-order chi connectivity index (χ0) is 14.0. The molecule has 0 aliphatic carbocycles. The van der Waals surface area contributed by atoms with Crippen molar-refractivity contribution < 1.29 is 5.11 Å². The van der Waals surface area contributed by atoms with Gasteiger partial charge in [0.1, 0.15) is 0 Å². The van der Waals surface area contributed by atoms with Crippen molar-refractivity contribution in [3.8, 4) is 0 Å². The summed E-state index contributed by atoms with van der Waals surface area (Å²) in [4.78, 5) is 2.09. The first-order chi connectivity index (χ1) is 9.00. The average molecular weight is 257 g/mol. The number of hydrogen-bond donors (Lipinski definition) is 1. The maximum absolute atomic E-state index is 10.4. The minimum Gasteiger partial charge on any atom is -0.391 e. The lowest BCUT2D eigenvalue weighted by Crippen LogP contribution is -2.34. The summed E-state index contributed by atoms with van der Waals surface area (Å²) in [6.07, 6.45) is -0.365. The van der Waals surface area contributed by atoms with Crippen LogP contribution in [-0.4, -0.2) is 30.2 Å². The fourth-order valence-electron chi connectivity index (χ4n) is 2.56. The van der Waals surface area contributed by atoms with Crippen LogP contribution in [0.25, 0.3) is 10.8 Å². The average Bonchev–Trinajstić information content (AvgIpc) is 2.38. The molecular formula is C17H23NO. The molecule has 0 saturated carbocycles. The molecule has 2 rings (SSSR count). The molecular weight excluding hydrogens is 234 g/mol. The molecule has 19 heavy (non-hydrogen) atoms. The lowest BCUT2D eigenvalue weighted by atomic mass is 9.91. The molecule has 2 atom stereocenters. The van der Waals surface area contributed by atoms with Crippen molar-refractivity contribution in [3.63, 3.8) is 0 Å². The second-order valence-electron chi connectivity index (χ2n) is 5.75. The molecule has 0 aromatic heterocycles. The highest BCUT2D eigenvalue weighted by Crippen LogP contribution is 2.28. The van der Waals surface area contributed by atoms with Crippen molar-refractivity contribution in [2.24, 2.45) is 5.92 Å². The Morgan fingerprint density at radius 3 is 2.16 bits per heavy atom. The Morgan fingerprint density at radius 1 is 0.947 bits per heavy atom. The molecule has 0 bridgehead atoms. The van der Waals surface area contributed by atoms with Gasteiger partial charge in [0.25, 0.3) is 0 Å². The largest absolute Gasteiger partial charge is 0.391 e. The number of nitrogens with zero attached hydrogens (tertiary/aromatic N) is 1. The van der Waals surface area contributed by atoms with Gasteiger partial charge in [0.2, 0.25) is 0 Å². The number of fused-ring (bicyclic) bond motifs is 1. The molecule has 0 unspecified atom stereocenters. The minimum absolute atomic E-state index is 0.0320. The van der Waals surface area contributed by atoms with Crippen molar-refractivity contribution in [1.82, 2.24) is 4.90 Å². The smallest absolute Gasteiger partial charge is 0.0759 e. The van der Waals surface area contributed by atoms with Gasteiger partial charge in [-0.15, -0.1) is 0 Å². The summed E-state index contributed by atoms with van der Waals surface area (Å²) in [6, 6.07) is 14.8. The fourth-order valence-corrected chi connectivity index (χ4v) is 2.56. The quantitative estimate of drug-likeness (QED) is 0.906. The molecule has 0 saturated heterocycles. The van der Waals surface area contributed by atoms with Gasteiger partial charge in [0, 0.05) is 0 Å². The van der Waals surface area contributed by atoms with E-state index in [9.17, 15) is 5.11 Å². The van der Waals surface area contributed by atoms with Gasteiger partial charge in [-0.25, -0.2) is 0 Å². The SMILES string of the molecule is CC(C)[C@@H](O)[C@H](c1ccc2ccccc2c1)N(C)C. The van der Waals surface area contributed by atoms with Gasteiger partial charge in [-0.05, 0) is 42.4 Å². The molecule has 2 nitrogen and oxygen atoms in total. The van der Waals surface area contributed by atoms with E-state index in [-0.39, 0.29) is 18.1 Å². The highest BCUT2D eigenvalue weighted by molar-refractivity contribution is 5.83. The number of aliphatic hydroxyl groups excluding tert-OH is 1. The van der Waals surface area contributed by atoms with E-state index >= 15 is 0 Å². The summed E-state index contributed by atoms with van der Waals surface area (Å²) in [6.45, 7) is 4.12. The van der Waals surface area contributed by atoms with Gasteiger partial charge in [-0.3, -0.25) is 0 Å². The normalized spacial score (nSPS) is 15.1. The molecule has 0 radical (unpaired) electrons. The number of benzene rings is 2. The van der Waals surface area contributed by atoms with E-state index in [1.165, 1.54) is 16.3 Å². The second-order valence-corrected chi connectivity index (χ2v) is 5.75. The third kappa shape index (κ3) is 2.96. The third-order valence-electron chi connectivity index (χ3n) is 3.68. The van der Waals surface area contributed by atoms with Crippen LogP contribution in [0.4, 0.5) is 0 Å². The van der Waals surface area contributed by atoms with Crippen LogP contribution in [0.3, 0.4) is 0 Å². The number of likely N-dealkylation sites (N-methyl/N-ethyl adjacent to an activating group) is 1. The molecule has 0 amide bonds. The van der Waals surface area contributed by atoms with E-state index in [0.29, 0.717) is 0 Å². The molecule has 2 aromatic carbocycles. The fraction of sp³-hybridized carbons (Fsp3) is 0.412. The summed E-state index contributed by atoms with van der Waals surface area (Å²) >= 11 is 0. The number of rotatable bonds is 4. The van der Waals surface area contributed by atoms with Crippen LogP contribution in [0, 0.1) is 5.92 Å². The lowest BCUT2D eigenvalue weighted by Gasteiger charge is -2.32. The topological polar surface area (TPSA) is 23.5 Å². The summed E-state index contributed by atoms with van der Waals surface area (Å²) in [5, 5.41) is 12.9. The molecule has 0 aliphatic heterocycles. The molecule has 2 heteroatoms. The van der Waals surface area contributed by atoms with E-state index in [4.69, 9.17) is 0 Å². The summed E-state index contributed by atoms with van der Waals surface area (Å²) < 4.78 is 0. The maximum atomic E-state index is 10.4. The molecule has 0 fully saturated rings. The molecule has 102 valence electrons.